The molecular formula is C6H19O27P7. The number of aliphatic hydroxyl groups excluding tert-OH is 2. The lowest BCUT2D eigenvalue weighted by atomic mass is 9.85. The first-order valence-corrected chi connectivity index (χ1v) is 19.4. The van der Waals surface area contributed by atoms with Gasteiger partial charge >= 0.3 is 54.8 Å². The molecule has 0 saturated heterocycles. The lowest BCUT2D eigenvalue weighted by Gasteiger charge is -2.46. The minimum Gasteiger partial charge on any atom is -0.387 e. The van der Waals surface area contributed by atoms with E-state index in [1.165, 1.54) is 0 Å². The Labute approximate surface area is 219 Å². The molecule has 0 aromatic rings. The van der Waals surface area contributed by atoms with E-state index in [-0.39, 0.29) is 0 Å². The first-order chi connectivity index (χ1) is 17.3. The Morgan fingerprint density at radius 1 is 0.350 bits per heavy atom. The van der Waals surface area contributed by atoms with Gasteiger partial charge in [-0.1, -0.05) is 0 Å². The summed E-state index contributed by atoms with van der Waals surface area (Å²) in [5.74, 6) is 0. The second-order valence-electron chi connectivity index (χ2n) is 6.87. The number of aliphatic hydroxyl groups is 2. The van der Waals surface area contributed by atoms with E-state index in [9.17, 15) is 66.6 Å². The Morgan fingerprint density at radius 3 is 0.800 bits per heavy atom. The van der Waals surface area contributed by atoms with Crippen LogP contribution < -0.4 is 0 Å². The van der Waals surface area contributed by atoms with Crippen molar-refractivity contribution in [1.29, 1.82) is 0 Å². The van der Waals surface area contributed by atoms with Gasteiger partial charge in [0.1, 0.15) is 36.6 Å². The fourth-order valence-electron chi connectivity index (χ4n) is 2.72. The summed E-state index contributed by atoms with van der Waals surface area (Å²) in [4.78, 5) is 99.5. The highest BCUT2D eigenvalue weighted by molar-refractivity contribution is 7.61. The Hall–Kier alpha value is 0.810. The molecule has 0 aromatic heterocycles. The lowest BCUT2D eigenvalue weighted by molar-refractivity contribution is -0.208. The molecule has 13 N–H and O–H groups in total. The maximum Gasteiger partial charge on any atom is 0.481 e. The molecule has 0 spiro atoms. The quantitative estimate of drug-likeness (QED) is 0.0788. The molecule has 1 rings (SSSR count). The summed E-state index contributed by atoms with van der Waals surface area (Å²) in [7, 11) is -43.0. The zero-order valence-corrected chi connectivity index (χ0v) is 24.4. The molecule has 1 saturated carbocycles. The third-order valence-corrected chi connectivity index (χ3v) is 10.7. The van der Waals surface area contributed by atoms with Gasteiger partial charge in [0.2, 0.25) is 0 Å². The van der Waals surface area contributed by atoms with E-state index in [0.29, 0.717) is 0 Å². The van der Waals surface area contributed by atoms with Crippen LogP contribution in [0.1, 0.15) is 0 Å². The van der Waals surface area contributed by atoms with Crippen LogP contribution in [0.25, 0.3) is 0 Å². The molecule has 240 valence electrons. The Kier molecular flexibility index (Phi) is 12.7. The van der Waals surface area contributed by atoms with E-state index in [4.69, 9.17) is 29.4 Å². The number of phosphoric ester groups is 4. The molecule has 0 heterocycles. The third kappa shape index (κ3) is 14.1. The molecule has 0 amide bonds. The van der Waals surface area contributed by atoms with Gasteiger partial charge in [0.05, 0.1) is 0 Å². The summed E-state index contributed by atoms with van der Waals surface area (Å²) < 4.78 is 107. The average molecular weight is 740 g/mol. The van der Waals surface area contributed by atoms with Crippen LogP contribution in [0.4, 0.5) is 0 Å². The summed E-state index contributed by atoms with van der Waals surface area (Å²) >= 11 is 0. The molecule has 1 fully saturated rings. The maximum absolute atomic E-state index is 12.1. The average Bonchev–Trinajstić information content (AvgIpc) is 2.58. The minimum atomic E-state index is -6.36. The second kappa shape index (κ2) is 13.0. The van der Waals surface area contributed by atoms with E-state index in [0.717, 1.165) is 0 Å². The molecule has 27 nitrogen and oxygen atoms in total. The van der Waals surface area contributed by atoms with Crippen LogP contribution in [0.15, 0.2) is 0 Å². The molecule has 0 aromatic carbocycles. The van der Waals surface area contributed by atoms with Crippen LogP contribution in [0.3, 0.4) is 0 Å². The highest BCUT2D eigenvalue weighted by atomic mass is 31.3. The van der Waals surface area contributed by atoms with Crippen molar-refractivity contribution in [3.05, 3.63) is 0 Å². The summed E-state index contributed by atoms with van der Waals surface area (Å²) in [6.07, 6.45) is -19.0. The van der Waals surface area contributed by atoms with Crippen molar-refractivity contribution in [3.8, 4) is 0 Å². The van der Waals surface area contributed by atoms with E-state index in [1.54, 1.807) is 0 Å². The van der Waals surface area contributed by atoms with Crippen molar-refractivity contribution in [3.63, 3.8) is 0 Å². The fraction of sp³-hybridized carbons (Fsp3) is 1.00. The van der Waals surface area contributed by atoms with Gasteiger partial charge in [-0.2, -0.15) is 12.9 Å². The fourth-order valence-corrected chi connectivity index (χ4v) is 8.61. The van der Waals surface area contributed by atoms with Crippen LogP contribution in [-0.2, 0) is 63.0 Å². The Bertz CT molecular complexity index is 1230. The highest BCUT2D eigenvalue weighted by Gasteiger charge is 2.60. The lowest BCUT2D eigenvalue weighted by Crippen LogP contribution is -2.65. The van der Waals surface area contributed by atoms with Crippen LogP contribution >= 0.6 is 54.8 Å². The van der Waals surface area contributed by atoms with Crippen LogP contribution in [0.5, 0.6) is 0 Å². The van der Waals surface area contributed by atoms with Gasteiger partial charge in [-0.25, -0.2) is 32.0 Å². The molecule has 40 heavy (non-hydrogen) atoms. The number of phosphoric acid groups is 7. The SMILES string of the molecule is O=P(O)(O)O[C@@H]1[C@@H](OP(=O)(O)OP(=O)(O)O)[C@H](OP(=O)(O)OP(=O)(O)O)[C@@H](O)[C@@H](O)[C@H]1OP(=O)(O)OP(=O)(O)O. The van der Waals surface area contributed by atoms with Crippen molar-refractivity contribution in [2.45, 2.75) is 36.6 Å². The zero-order chi connectivity index (χ0) is 31.9. The molecule has 1 aliphatic rings. The van der Waals surface area contributed by atoms with Gasteiger partial charge in [0.15, 0.2) is 0 Å². The van der Waals surface area contributed by atoms with Crippen LogP contribution in [0.2, 0.25) is 0 Å². The largest absolute Gasteiger partial charge is 0.481 e. The van der Waals surface area contributed by atoms with E-state index in [2.05, 4.69) is 31.0 Å². The van der Waals surface area contributed by atoms with Gasteiger partial charge in [0, 0.05) is 0 Å². The molecule has 34 heteroatoms. The highest BCUT2D eigenvalue weighted by Crippen LogP contribution is 2.64. The molecule has 3 unspecified atom stereocenters. The van der Waals surface area contributed by atoms with E-state index in [1.807, 2.05) is 0 Å². The standard InChI is InChI=1S/C6H19O27P7/c7-1-2(8)4(29-39(23,24)32-36(15,16)17)6(30-40(25,26)33-37(18,19)20)5(27-34(9,10)11)3(1)28-38(21,22)31-35(12,13)14/h1-8H,(H,21,22)(H,23,24)(H,25,26)(H2,9,10,11)(H2,12,13,14)(H2,15,16,17)(H2,18,19,20)/t1-,2+,3-,4-,5+,6+/m1/s1. The Morgan fingerprint density at radius 2 is 0.575 bits per heavy atom. The second-order valence-corrected chi connectivity index (χ2v) is 16.4. The predicted molar refractivity (Wildman–Crippen MR) is 112 cm³/mol. The van der Waals surface area contributed by atoms with E-state index >= 15 is 0 Å². The molecule has 0 radical (unpaired) electrons. The van der Waals surface area contributed by atoms with Gasteiger partial charge in [-0.15, -0.1) is 0 Å². The van der Waals surface area contributed by atoms with Gasteiger partial charge in [0.25, 0.3) is 0 Å². The van der Waals surface area contributed by atoms with Crippen molar-refractivity contribution in [2.24, 2.45) is 0 Å². The van der Waals surface area contributed by atoms with Crippen molar-refractivity contribution in [1.82, 2.24) is 0 Å². The molecule has 9 atom stereocenters. The molecule has 1 aliphatic carbocycles. The topological polar surface area (TPSA) is 447 Å². The van der Waals surface area contributed by atoms with E-state index < -0.39 is 91.4 Å². The summed E-state index contributed by atoms with van der Waals surface area (Å²) in [5, 5.41) is 20.6. The van der Waals surface area contributed by atoms with Crippen molar-refractivity contribution in [2.75, 3.05) is 0 Å². The minimum absolute atomic E-state index is 3.07. The van der Waals surface area contributed by atoms with Crippen LogP contribution in [-0.4, -0.2) is 101 Å². The first kappa shape index (κ1) is 38.8. The molecule has 0 aliphatic heterocycles. The predicted octanol–water partition coefficient (Wildman–Crippen LogP) is -3.02. The third-order valence-electron chi connectivity index (χ3n) is 3.65. The number of rotatable bonds is 14. The monoisotopic (exact) mass is 740 g/mol. The zero-order valence-electron chi connectivity index (χ0n) is 18.1. The maximum atomic E-state index is 12.1. The van der Waals surface area contributed by atoms with Crippen LogP contribution in [0, 0.1) is 0 Å². The van der Waals surface area contributed by atoms with Crippen molar-refractivity contribution >= 4 is 54.8 Å². The first-order valence-electron chi connectivity index (χ1n) is 8.76. The molecular weight excluding hydrogens is 721 g/mol. The van der Waals surface area contributed by atoms with Gasteiger partial charge < -0.3 is 64.0 Å². The summed E-state index contributed by atoms with van der Waals surface area (Å²) in [5.41, 5.74) is 0. The smallest absolute Gasteiger partial charge is 0.387 e. The Balaban J connectivity index is 3.79. The van der Waals surface area contributed by atoms with Crippen molar-refractivity contribution < 1.29 is 127 Å². The number of hydrogen-bond acceptors (Lipinski definition) is 16. The summed E-state index contributed by atoms with van der Waals surface area (Å²) in [6, 6.07) is 0. The van der Waals surface area contributed by atoms with Gasteiger partial charge in [-0.05, 0) is 0 Å². The number of hydrogen-bond donors (Lipinski definition) is 13. The summed E-state index contributed by atoms with van der Waals surface area (Å²) in [6.45, 7) is 0. The molecule has 0 bridgehead atoms. The van der Waals surface area contributed by atoms with Gasteiger partial charge in [-0.3, -0.25) is 18.1 Å². The normalized spacial score (nSPS) is 31.6.